The number of nitrogens with one attached hydrogen (secondary N) is 1. The summed E-state index contributed by atoms with van der Waals surface area (Å²) in [5.41, 5.74) is 2.48. The number of benzene rings is 2. The van der Waals surface area contributed by atoms with Crippen molar-refractivity contribution in [1.29, 1.82) is 0 Å². The Bertz CT molecular complexity index is 1310. The molecule has 0 amide bonds. The fourth-order valence-corrected chi connectivity index (χ4v) is 5.18. The molecule has 0 radical (unpaired) electrons. The van der Waals surface area contributed by atoms with E-state index in [-0.39, 0.29) is 30.0 Å². The van der Waals surface area contributed by atoms with Crippen LogP contribution in [0.5, 0.6) is 0 Å². The van der Waals surface area contributed by atoms with Crippen molar-refractivity contribution < 1.29 is 28.8 Å². The van der Waals surface area contributed by atoms with Crippen molar-refractivity contribution in [3.63, 3.8) is 0 Å². The Morgan fingerprint density at radius 2 is 1.70 bits per heavy atom. The van der Waals surface area contributed by atoms with Crippen molar-refractivity contribution in [2.24, 2.45) is 5.92 Å². The molecule has 3 unspecified atom stereocenters. The molecule has 2 aromatic carbocycles. The second-order valence-electron chi connectivity index (χ2n) is 8.88. The van der Waals surface area contributed by atoms with Crippen LogP contribution in [0.2, 0.25) is 0 Å². The Balaban J connectivity index is 1.92. The van der Waals surface area contributed by atoms with Crippen LogP contribution in [0, 0.1) is 16.0 Å². The van der Waals surface area contributed by atoms with Crippen molar-refractivity contribution in [3.05, 3.63) is 98.4 Å². The third-order valence-corrected chi connectivity index (χ3v) is 6.70. The fourth-order valence-electron chi connectivity index (χ4n) is 5.18. The number of carbonyl (C=O) groups is 3. The van der Waals surface area contributed by atoms with Crippen molar-refractivity contribution in [2.75, 3.05) is 13.2 Å². The molecule has 4 rings (SSSR count). The van der Waals surface area contributed by atoms with E-state index in [0.29, 0.717) is 23.4 Å². The van der Waals surface area contributed by atoms with E-state index in [0.717, 1.165) is 5.56 Å². The first-order chi connectivity index (χ1) is 17.8. The summed E-state index contributed by atoms with van der Waals surface area (Å²) in [5.74, 6) is -4.33. The fraction of sp³-hybridized carbons (Fsp3) is 0.321. The van der Waals surface area contributed by atoms with Gasteiger partial charge in [0, 0.05) is 40.9 Å². The van der Waals surface area contributed by atoms with Gasteiger partial charge in [-0.15, -0.1) is 0 Å². The minimum Gasteiger partial charge on any atom is -0.465 e. The zero-order valence-electron chi connectivity index (χ0n) is 20.9. The van der Waals surface area contributed by atoms with Crippen molar-refractivity contribution in [1.82, 2.24) is 5.32 Å². The summed E-state index contributed by atoms with van der Waals surface area (Å²) < 4.78 is 10.6. The number of rotatable bonds is 7. The van der Waals surface area contributed by atoms with Crippen LogP contribution in [0.15, 0.2) is 77.1 Å². The number of ketones is 1. The number of nitro groups is 1. The first-order valence-corrected chi connectivity index (χ1v) is 12.2. The Morgan fingerprint density at radius 1 is 1.03 bits per heavy atom. The maximum absolute atomic E-state index is 14.2. The van der Waals surface area contributed by atoms with Crippen LogP contribution in [-0.4, -0.2) is 35.9 Å². The summed E-state index contributed by atoms with van der Waals surface area (Å²) in [5, 5.41) is 14.7. The van der Waals surface area contributed by atoms with Crippen LogP contribution in [0.25, 0.3) is 0 Å². The zero-order chi connectivity index (χ0) is 26.7. The number of ether oxygens (including phenoxy) is 2. The molecular weight excluding hydrogens is 476 g/mol. The molecular formula is C28H28N2O7. The maximum Gasteiger partial charge on any atom is 0.336 e. The average molecular weight is 505 g/mol. The standard InChI is InChI=1S/C28H28N2O7/c1-4-36-27(32)22-16(3)29-21-15-20(17-10-7-6-8-11-17)24(28(33)37-5-2)26(31)25(21)23(22)18-12-9-13-19(14-18)30(34)35/h6-14,20,23-24,29H,4-5,15H2,1-3H3. The molecule has 0 fully saturated rings. The number of Topliss-reactive ketones (excluding diaryl/α,β-unsaturated/α-hetero) is 1. The number of non-ortho nitro benzene ring substituents is 1. The van der Waals surface area contributed by atoms with Gasteiger partial charge >= 0.3 is 11.9 Å². The molecule has 9 heteroatoms. The Kier molecular flexibility index (Phi) is 7.52. The first kappa shape index (κ1) is 25.8. The van der Waals surface area contributed by atoms with Gasteiger partial charge in [-0.2, -0.15) is 0 Å². The monoisotopic (exact) mass is 504 g/mol. The third-order valence-electron chi connectivity index (χ3n) is 6.70. The van der Waals surface area contributed by atoms with E-state index >= 15 is 0 Å². The SMILES string of the molecule is CCOC(=O)C1=C(C)NC2=C(C(=O)C(C(=O)OCC)C(c3ccccc3)C2)C1c1cccc([N+](=O)[O-])c1. The minimum absolute atomic E-state index is 0.107. The molecule has 0 aromatic heterocycles. The molecule has 3 atom stereocenters. The molecule has 0 bridgehead atoms. The molecule has 1 N–H and O–H groups in total. The summed E-state index contributed by atoms with van der Waals surface area (Å²) in [6, 6.07) is 15.1. The number of dihydropyridines is 1. The molecule has 1 heterocycles. The molecule has 192 valence electrons. The smallest absolute Gasteiger partial charge is 0.336 e. The van der Waals surface area contributed by atoms with E-state index < -0.39 is 40.4 Å². The van der Waals surface area contributed by atoms with E-state index in [1.165, 1.54) is 18.2 Å². The van der Waals surface area contributed by atoms with Crippen LogP contribution < -0.4 is 5.32 Å². The summed E-state index contributed by atoms with van der Waals surface area (Å²) in [7, 11) is 0. The summed E-state index contributed by atoms with van der Waals surface area (Å²) >= 11 is 0. The molecule has 0 spiro atoms. The number of hydrogen-bond donors (Lipinski definition) is 1. The van der Waals surface area contributed by atoms with Gasteiger partial charge in [0.2, 0.25) is 0 Å². The van der Waals surface area contributed by atoms with Gasteiger partial charge in [0.1, 0.15) is 5.92 Å². The lowest BCUT2D eigenvalue weighted by atomic mass is 9.67. The highest BCUT2D eigenvalue weighted by Crippen LogP contribution is 2.48. The van der Waals surface area contributed by atoms with E-state index in [4.69, 9.17) is 9.47 Å². The molecule has 0 saturated heterocycles. The van der Waals surface area contributed by atoms with Crippen molar-refractivity contribution >= 4 is 23.4 Å². The number of nitrogens with zero attached hydrogens (tertiary/aromatic N) is 1. The highest BCUT2D eigenvalue weighted by Gasteiger charge is 2.49. The number of hydrogen-bond acceptors (Lipinski definition) is 8. The molecule has 0 saturated carbocycles. The van der Waals surface area contributed by atoms with Crippen LogP contribution in [0.3, 0.4) is 0 Å². The normalized spacial score (nSPS) is 21.2. The Labute approximate surface area is 214 Å². The molecule has 1 aliphatic carbocycles. The predicted octanol–water partition coefficient (Wildman–Crippen LogP) is 4.31. The second-order valence-corrected chi connectivity index (χ2v) is 8.88. The van der Waals surface area contributed by atoms with Crippen LogP contribution in [-0.2, 0) is 23.9 Å². The molecule has 37 heavy (non-hydrogen) atoms. The first-order valence-electron chi connectivity index (χ1n) is 12.2. The van der Waals surface area contributed by atoms with Crippen LogP contribution in [0.1, 0.15) is 50.2 Å². The molecule has 1 aliphatic heterocycles. The topological polar surface area (TPSA) is 125 Å². The zero-order valence-corrected chi connectivity index (χ0v) is 20.9. The van der Waals surface area contributed by atoms with Gasteiger partial charge in [0.05, 0.1) is 23.7 Å². The molecule has 2 aromatic rings. The van der Waals surface area contributed by atoms with Crippen molar-refractivity contribution in [3.8, 4) is 0 Å². The Morgan fingerprint density at radius 3 is 2.35 bits per heavy atom. The van der Waals surface area contributed by atoms with Gasteiger partial charge in [0.15, 0.2) is 5.78 Å². The third kappa shape index (κ3) is 4.89. The highest BCUT2D eigenvalue weighted by molar-refractivity contribution is 6.13. The van der Waals surface area contributed by atoms with Crippen LogP contribution in [0.4, 0.5) is 5.69 Å². The summed E-state index contributed by atoms with van der Waals surface area (Å²) in [6.07, 6.45) is 0.313. The number of allylic oxidation sites excluding steroid dienone is 3. The largest absolute Gasteiger partial charge is 0.465 e. The van der Waals surface area contributed by atoms with E-state index in [9.17, 15) is 24.5 Å². The highest BCUT2D eigenvalue weighted by atomic mass is 16.6. The number of esters is 2. The molecule has 9 nitrogen and oxygen atoms in total. The van der Waals surface area contributed by atoms with E-state index in [1.54, 1.807) is 26.8 Å². The lowest BCUT2D eigenvalue weighted by Gasteiger charge is -2.39. The van der Waals surface area contributed by atoms with Crippen molar-refractivity contribution in [2.45, 2.75) is 39.0 Å². The molecule has 2 aliphatic rings. The lowest BCUT2D eigenvalue weighted by Crippen LogP contribution is -2.43. The van der Waals surface area contributed by atoms with E-state index in [1.807, 2.05) is 30.3 Å². The maximum atomic E-state index is 14.2. The number of nitro benzene ring substituents is 1. The van der Waals surface area contributed by atoms with Gasteiger partial charge in [-0.3, -0.25) is 19.7 Å². The quantitative estimate of drug-likeness (QED) is 0.256. The summed E-state index contributed by atoms with van der Waals surface area (Å²) in [4.78, 5) is 51.5. The van der Waals surface area contributed by atoms with Gasteiger partial charge in [0.25, 0.3) is 5.69 Å². The Hall–Kier alpha value is -4.27. The number of carbonyl (C=O) groups excluding carboxylic acids is 3. The second kappa shape index (κ2) is 10.8. The predicted molar refractivity (Wildman–Crippen MR) is 134 cm³/mol. The van der Waals surface area contributed by atoms with Gasteiger partial charge < -0.3 is 14.8 Å². The van der Waals surface area contributed by atoms with Gasteiger partial charge in [-0.25, -0.2) is 4.79 Å². The van der Waals surface area contributed by atoms with Gasteiger partial charge in [-0.1, -0.05) is 42.5 Å². The average Bonchev–Trinajstić information content (AvgIpc) is 2.88. The lowest BCUT2D eigenvalue weighted by molar-refractivity contribution is -0.384. The van der Waals surface area contributed by atoms with Crippen LogP contribution >= 0.6 is 0 Å². The minimum atomic E-state index is -1.13. The van der Waals surface area contributed by atoms with E-state index in [2.05, 4.69) is 5.32 Å². The summed E-state index contributed by atoms with van der Waals surface area (Å²) in [6.45, 7) is 5.27. The van der Waals surface area contributed by atoms with Gasteiger partial charge in [-0.05, 0) is 38.3 Å².